The van der Waals surface area contributed by atoms with Gasteiger partial charge in [0, 0.05) is 0 Å². The highest BCUT2D eigenvalue weighted by Gasteiger charge is 2.31. The molecule has 1 N–H and O–H groups in total. The van der Waals surface area contributed by atoms with E-state index in [0.717, 1.165) is 17.6 Å². The molecule has 1 aliphatic carbocycles. The summed E-state index contributed by atoms with van der Waals surface area (Å²) in [5.74, 6) is -0.0644. The molecule has 2 atom stereocenters. The topological polar surface area (TPSA) is 37.3 Å². The minimum absolute atomic E-state index is 0.0679. The molecule has 0 aromatic heterocycles. The van der Waals surface area contributed by atoms with Gasteiger partial charge in [0.05, 0.1) is 12.5 Å². The van der Waals surface area contributed by atoms with Gasteiger partial charge < -0.3 is 5.11 Å². The van der Waals surface area contributed by atoms with Gasteiger partial charge in [-0.15, -0.1) is 0 Å². The van der Waals surface area contributed by atoms with Gasteiger partial charge in [-0.25, -0.2) is 0 Å². The van der Waals surface area contributed by atoms with Crippen molar-refractivity contribution in [1.82, 2.24) is 0 Å². The highest BCUT2D eigenvalue weighted by Crippen LogP contribution is 2.30. The van der Waals surface area contributed by atoms with Crippen LogP contribution in [0.5, 0.6) is 0 Å². The van der Waals surface area contributed by atoms with Gasteiger partial charge in [0.15, 0.2) is 5.78 Å². The Labute approximate surface area is 79.0 Å². The molecule has 0 radical (unpaired) electrons. The maximum absolute atomic E-state index is 11.6. The lowest BCUT2D eigenvalue weighted by atomic mass is 9.76. The number of hydrogen-bond donors (Lipinski definition) is 1. The number of allylic oxidation sites excluding steroid dienone is 3. The summed E-state index contributed by atoms with van der Waals surface area (Å²) in [6.45, 7) is 7.49. The fourth-order valence-corrected chi connectivity index (χ4v) is 1.80. The summed E-state index contributed by atoms with van der Waals surface area (Å²) in [5, 5.41) is 9.11. The summed E-state index contributed by atoms with van der Waals surface area (Å²) < 4.78 is 0. The maximum atomic E-state index is 11.6. The number of carbonyl (C=O) groups excluding carboxylic acids is 1. The molecule has 0 fully saturated rings. The zero-order valence-corrected chi connectivity index (χ0v) is 8.21. The Kier molecular flexibility index (Phi) is 3.04. The summed E-state index contributed by atoms with van der Waals surface area (Å²) in [5.41, 5.74) is 1.76. The normalized spacial score (nSPS) is 28.5. The monoisotopic (exact) mass is 180 g/mol. The number of Topliss-reactive ketones (excluding diaryl/α,β-unsaturated/α-hetero) is 1. The lowest BCUT2D eigenvalue weighted by molar-refractivity contribution is -0.122. The van der Waals surface area contributed by atoms with Crippen LogP contribution in [0.25, 0.3) is 0 Å². The predicted molar refractivity (Wildman–Crippen MR) is 52.3 cm³/mol. The van der Waals surface area contributed by atoms with Gasteiger partial charge in [-0.1, -0.05) is 18.2 Å². The zero-order chi connectivity index (χ0) is 10.0. The number of carbonyl (C=O) groups is 1. The van der Waals surface area contributed by atoms with E-state index >= 15 is 0 Å². The summed E-state index contributed by atoms with van der Waals surface area (Å²) in [4.78, 5) is 11.6. The molecule has 0 saturated carbocycles. The molecule has 0 spiro atoms. The first-order valence-corrected chi connectivity index (χ1v) is 4.55. The number of rotatable bonds is 2. The van der Waals surface area contributed by atoms with Gasteiger partial charge in [0.25, 0.3) is 0 Å². The number of ketones is 1. The van der Waals surface area contributed by atoms with E-state index in [0.29, 0.717) is 0 Å². The quantitative estimate of drug-likeness (QED) is 0.657. The van der Waals surface area contributed by atoms with Crippen molar-refractivity contribution in [2.75, 3.05) is 6.61 Å². The second kappa shape index (κ2) is 3.88. The Hall–Kier alpha value is -0.890. The minimum Gasteiger partial charge on any atom is -0.396 e. The van der Waals surface area contributed by atoms with Gasteiger partial charge in [0.2, 0.25) is 0 Å². The van der Waals surface area contributed by atoms with E-state index in [4.69, 9.17) is 5.11 Å². The lowest BCUT2D eigenvalue weighted by Gasteiger charge is -2.28. The van der Waals surface area contributed by atoms with Gasteiger partial charge in [-0.3, -0.25) is 4.79 Å². The third kappa shape index (κ3) is 1.89. The van der Waals surface area contributed by atoms with Crippen LogP contribution in [0.2, 0.25) is 0 Å². The molecule has 1 aliphatic rings. The number of aliphatic hydroxyl groups excluding tert-OH is 1. The van der Waals surface area contributed by atoms with Crippen molar-refractivity contribution in [1.29, 1.82) is 0 Å². The Morgan fingerprint density at radius 1 is 1.77 bits per heavy atom. The van der Waals surface area contributed by atoms with Crippen molar-refractivity contribution in [3.63, 3.8) is 0 Å². The van der Waals surface area contributed by atoms with E-state index in [-0.39, 0.29) is 24.2 Å². The van der Waals surface area contributed by atoms with E-state index in [1.807, 2.05) is 13.0 Å². The van der Waals surface area contributed by atoms with Crippen molar-refractivity contribution in [2.45, 2.75) is 20.3 Å². The molecular weight excluding hydrogens is 164 g/mol. The van der Waals surface area contributed by atoms with Crippen LogP contribution in [0.3, 0.4) is 0 Å². The molecule has 0 aromatic rings. The first-order chi connectivity index (χ1) is 6.07. The Bertz CT molecular complexity index is 263. The molecule has 1 rings (SSSR count). The van der Waals surface area contributed by atoms with E-state index in [1.54, 1.807) is 6.92 Å². The Balaban J connectivity index is 2.91. The fourth-order valence-electron chi connectivity index (χ4n) is 1.80. The zero-order valence-electron chi connectivity index (χ0n) is 8.21. The second-order valence-corrected chi connectivity index (χ2v) is 3.73. The first-order valence-electron chi connectivity index (χ1n) is 4.55. The molecule has 0 amide bonds. The van der Waals surface area contributed by atoms with Gasteiger partial charge >= 0.3 is 0 Å². The summed E-state index contributed by atoms with van der Waals surface area (Å²) in [7, 11) is 0. The molecule has 0 heterocycles. The molecule has 0 aromatic carbocycles. The van der Waals surface area contributed by atoms with Crippen molar-refractivity contribution in [2.24, 2.45) is 11.8 Å². The maximum Gasteiger partial charge on any atom is 0.164 e. The molecule has 2 nitrogen and oxygen atoms in total. The minimum atomic E-state index is -0.262. The average molecular weight is 180 g/mol. The van der Waals surface area contributed by atoms with Crippen molar-refractivity contribution >= 4 is 5.78 Å². The molecular formula is C11H16O2. The van der Waals surface area contributed by atoms with Gasteiger partial charge in [-0.2, -0.15) is 0 Å². The van der Waals surface area contributed by atoms with Crippen LogP contribution in [0.15, 0.2) is 23.8 Å². The van der Waals surface area contributed by atoms with E-state index in [2.05, 4.69) is 6.58 Å². The molecule has 0 bridgehead atoms. The van der Waals surface area contributed by atoms with Crippen LogP contribution in [-0.4, -0.2) is 17.5 Å². The van der Waals surface area contributed by atoms with Crippen LogP contribution in [0, 0.1) is 11.8 Å². The molecule has 13 heavy (non-hydrogen) atoms. The number of hydrogen-bond acceptors (Lipinski definition) is 2. The van der Waals surface area contributed by atoms with Crippen molar-refractivity contribution < 1.29 is 9.90 Å². The molecule has 0 aliphatic heterocycles. The van der Waals surface area contributed by atoms with Crippen LogP contribution < -0.4 is 0 Å². The van der Waals surface area contributed by atoms with Crippen LogP contribution in [0.1, 0.15) is 20.3 Å². The Morgan fingerprint density at radius 2 is 2.38 bits per heavy atom. The molecule has 72 valence electrons. The highest BCUT2D eigenvalue weighted by molar-refractivity contribution is 5.97. The van der Waals surface area contributed by atoms with Crippen LogP contribution in [-0.2, 0) is 4.79 Å². The standard InChI is InChI=1S/C11H16O2/c1-7(2)9-5-4-8(3)11(13)10(9)6-12/h4,9-10,12H,1,5-6H2,2-3H3/t9-,10-/m0/s1. The van der Waals surface area contributed by atoms with Crippen molar-refractivity contribution in [3.05, 3.63) is 23.8 Å². The lowest BCUT2D eigenvalue weighted by Crippen LogP contribution is -2.31. The highest BCUT2D eigenvalue weighted by atomic mass is 16.3. The first kappa shape index (κ1) is 10.2. The van der Waals surface area contributed by atoms with Crippen LogP contribution >= 0.6 is 0 Å². The molecule has 0 unspecified atom stereocenters. The third-order valence-corrected chi connectivity index (χ3v) is 2.72. The molecule has 2 heteroatoms. The summed E-state index contributed by atoms with van der Waals surface area (Å²) in [6, 6.07) is 0. The SMILES string of the molecule is C=C(C)[C@@H]1CC=C(C)C(=O)[C@H]1CO. The van der Waals surface area contributed by atoms with Crippen molar-refractivity contribution in [3.8, 4) is 0 Å². The van der Waals surface area contributed by atoms with Gasteiger partial charge in [0.1, 0.15) is 0 Å². The van der Waals surface area contributed by atoms with E-state index in [9.17, 15) is 4.79 Å². The average Bonchev–Trinajstić information content (AvgIpc) is 2.09. The van der Waals surface area contributed by atoms with E-state index < -0.39 is 0 Å². The van der Waals surface area contributed by atoms with Gasteiger partial charge in [-0.05, 0) is 31.8 Å². The summed E-state index contributed by atoms with van der Waals surface area (Å²) in [6.07, 6.45) is 2.77. The number of aliphatic hydroxyl groups is 1. The van der Waals surface area contributed by atoms with Crippen LogP contribution in [0.4, 0.5) is 0 Å². The third-order valence-electron chi connectivity index (χ3n) is 2.72. The largest absolute Gasteiger partial charge is 0.396 e. The smallest absolute Gasteiger partial charge is 0.164 e. The fraction of sp³-hybridized carbons (Fsp3) is 0.545. The second-order valence-electron chi connectivity index (χ2n) is 3.73. The molecule has 0 saturated heterocycles. The summed E-state index contributed by atoms with van der Waals surface area (Å²) >= 11 is 0. The Morgan fingerprint density at radius 3 is 2.85 bits per heavy atom. The van der Waals surface area contributed by atoms with E-state index in [1.165, 1.54) is 0 Å². The predicted octanol–water partition coefficient (Wildman–Crippen LogP) is 1.71.